The Balaban J connectivity index is 2.17. The second-order valence-corrected chi connectivity index (χ2v) is 10.4. The van der Waals surface area contributed by atoms with Gasteiger partial charge in [-0.05, 0) is 0 Å². The molecule has 2 aromatic rings. The molecule has 33 heavy (non-hydrogen) atoms. The molecule has 22 heteroatoms. The number of aliphatic hydroxyl groups is 2. The number of phosphoric acid groups is 3. The van der Waals surface area contributed by atoms with Gasteiger partial charge in [-0.1, -0.05) is 0 Å². The van der Waals surface area contributed by atoms with Crippen molar-refractivity contribution in [3.8, 4) is 0 Å². The van der Waals surface area contributed by atoms with Crippen molar-refractivity contribution < 1.29 is 65.8 Å². The summed E-state index contributed by atoms with van der Waals surface area (Å²) < 4.78 is 64.8. The number of anilines is 1. The topological polar surface area (TPSA) is 279 Å². The van der Waals surface area contributed by atoms with Gasteiger partial charge in [0.2, 0.25) is 0 Å². The number of phosphoric ester groups is 1. The van der Waals surface area contributed by atoms with Crippen LogP contribution in [0.3, 0.4) is 0 Å². The lowest BCUT2D eigenvalue weighted by Gasteiger charge is -2.27. The zero-order chi connectivity index (χ0) is 25.0. The third-order valence-corrected chi connectivity index (χ3v) is 7.39. The molecule has 0 spiro atoms. The third-order valence-electron chi connectivity index (χ3n) is 3.59. The lowest BCUT2D eigenvalue weighted by molar-refractivity contribution is -0.137. The van der Waals surface area contributed by atoms with Gasteiger partial charge in [0.05, 0.1) is 19.5 Å². The molecule has 0 radical (unpaired) electrons. The van der Waals surface area contributed by atoms with Gasteiger partial charge >= 0.3 is 23.5 Å². The van der Waals surface area contributed by atoms with E-state index in [0.29, 0.717) is 0 Å². The fraction of sp³-hybridized carbons (Fsp3) is 0.545. The normalized spacial score (nSPS) is 19.0. The van der Waals surface area contributed by atoms with Crippen LogP contribution in [0, 0.1) is 0 Å². The van der Waals surface area contributed by atoms with Crippen LogP contribution in [0.4, 0.5) is 10.2 Å². The van der Waals surface area contributed by atoms with E-state index in [2.05, 4.69) is 28.1 Å². The second kappa shape index (κ2) is 10.9. The zero-order valence-electron chi connectivity index (χ0n) is 16.1. The summed E-state index contributed by atoms with van der Waals surface area (Å²) in [5.41, 5.74) is 5.84. The van der Waals surface area contributed by atoms with Crippen LogP contribution >= 0.6 is 23.5 Å². The van der Waals surface area contributed by atoms with Gasteiger partial charge in [-0.2, -0.15) is 8.62 Å². The van der Waals surface area contributed by atoms with E-state index in [1.54, 1.807) is 0 Å². The Hall–Kier alpha value is -1.43. The van der Waals surface area contributed by atoms with Crippen LogP contribution in [0.2, 0.25) is 0 Å². The van der Waals surface area contributed by atoms with Crippen molar-refractivity contribution in [1.29, 1.82) is 0 Å². The molecule has 0 aliphatic carbocycles. The Morgan fingerprint density at radius 3 is 2.33 bits per heavy atom. The van der Waals surface area contributed by atoms with Crippen LogP contribution in [0.1, 0.15) is 6.23 Å². The first-order valence-electron chi connectivity index (χ1n) is 8.39. The molecule has 2 rings (SSSR count). The number of aliphatic hydroxyl groups excluding tert-OH is 2. The summed E-state index contributed by atoms with van der Waals surface area (Å²) in [7, 11) is -17.0. The number of imidazole rings is 1. The van der Waals surface area contributed by atoms with Crippen molar-refractivity contribution >= 4 is 40.4 Å². The van der Waals surface area contributed by atoms with Gasteiger partial charge in [0.1, 0.15) is 30.7 Å². The van der Waals surface area contributed by atoms with Crippen LogP contribution in [-0.2, 0) is 31.6 Å². The average Bonchev–Trinajstić information content (AvgIpc) is 3.10. The number of rotatable bonds is 13. The lowest BCUT2D eigenvalue weighted by atomic mass is 10.2. The van der Waals surface area contributed by atoms with Crippen LogP contribution in [-0.4, -0.2) is 81.4 Å². The minimum atomic E-state index is -5.79. The standard InChI is InChI=1S/C11H19FN5O13P3/c12-1-6(19)7(3-27-32(23,24)30-33(25,26)29-31(20,21)22)28-8(2-18)17-5-16-9-10(13)14-4-15-11(9)17/h4-8,18-19H,1-3H2,(H,23,24)(H,25,26)(H2,13,14,15)(H2,20,21,22)/t6-,7+,8+/m0/s1. The van der Waals surface area contributed by atoms with Crippen molar-refractivity contribution in [3.05, 3.63) is 12.7 Å². The molecule has 18 nitrogen and oxygen atoms in total. The quantitative estimate of drug-likeness (QED) is 0.149. The highest BCUT2D eigenvalue weighted by molar-refractivity contribution is 7.66. The third kappa shape index (κ3) is 8.08. The van der Waals surface area contributed by atoms with E-state index < -0.39 is 61.8 Å². The first kappa shape index (κ1) is 27.8. The molecule has 0 fully saturated rings. The van der Waals surface area contributed by atoms with Gasteiger partial charge in [-0.25, -0.2) is 33.0 Å². The fourth-order valence-corrected chi connectivity index (χ4v) is 5.32. The average molecular weight is 541 g/mol. The Kier molecular flexibility index (Phi) is 9.17. The van der Waals surface area contributed by atoms with Crippen molar-refractivity contribution in [3.63, 3.8) is 0 Å². The monoisotopic (exact) mass is 541 g/mol. The maximum atomic E-state index is 13.1. The molecule has 0 aromatic carbocycles. The summed E-state index contributed by atoms with van der Waals surface area (Å²) >= 11 is 0. The molecule has 0 saturated carbocycles. The van der Waals surface area contributed by atoms with Gasteiger partial charge in [0, 0.05) is 0 Å². The van der Waals surface area contributed by atoms with Crippen molar-refractivity contribution in [2.45, 2.75) is 18.4 Å². The smallest absolute Gasteiger partial charge is 0.392 e. The molecule has 2 unspecified atom stereocenters. The number of hydrogen-bond acceptors (Lipinski definition) is 13. The molecule has 0 aliphatic heterocycles. The van der Waals surface area contributed by atoms with E-state index in [-0.39, 0.29) is 17.0 Å². The van der Waals surface area contributed by atoms with E-state index >= 15 is 0 Å². The summed E-state index contributed by atoms with van der Waals surface area (Å²) in [4.78, 5) is 47.2. The van der Waals surface area contributed by atoms with Crippen molar-refractivity contribution in [1.82, 2.24) is 19.5 Å². The largest absolute Gasteiger partial charge is 0.490 e. The summed E-state index contributed by atoms with van der Waals surface area (Å²) in [5.74, 6) is -0.0107. The highest BCUT2D eigenvalue weighted by Crippen LogP contribution is 2.66. The zero-order valence-corrected chi connectivity index (χ0v) is 18.8. The minimum Gasteiger partial charge on any atom is -0.392 e. The van der Waals surface area contributed by atoms with Gasteiger partial charge in [-0.15, -0.1) is 0 Å². The number of nitrogens with two attached hydrogens (primary N) is 1. The fourth-order valence-electron chi connectivity index (χ4n) is 2.29. The van der Waals surface area contributed by atoms with Crippen LogP contribution < -0.4 is 5.73 Å². The molecule has 5 atom stereocenters. The predicted molar refractivity (Wildman–Crippen MR) is 103 cm³/mol. The molecule has 0 bridgehead atoms. The Morgan fingerprint density at radius 2 is 1.76 bits per heavy atom. The molecule has 188 valence electrons. The Labute approximate surface area is 183 Å². The number of fused-ring (bicyclic) bond motifs is 1. The number of nitrogen functional groups attached to an aromatic ring is 1. The molecular formula is C11H19FN5O13P3. The van der Waals surface area contributed by atoms with Gasteiger partial charge in [0.15, 0.2) is 17.7 Å². The summed E-state index contributed by atoms with van der Waals surface area (Å²) in [5, 5.41) is 19.5. The van der Waals surface area contributed by atoms with Crippen LogP contribution in [0.15, 0.2) is 12.7 Å². The molecule has 8 N–H and O–H groups in total. The molecular weight excluding hydrogens is 522 g/mol. The molecule has 0 amide bonds. The number of ether oxygens (including phenoxy) is 1. The molecule has 2 heterocycles. The predicted octanol–water partition coefficient (Wildman–Crippen LogP) is -1.04. The number of alkyl halides is 1. The highest BCUT2D eigenvalue weighted by Gasteiger charge is 2.41. The van der Waals surface area contributed by atoms with E-state index in [1.165, 1.54) is 0 Å². The summed E-state index contributed by atoms with van der Waals surface area (Å²) in [6.07, 6.45) is -3.01. The van der Waals surface area contributed by atoms with E-state index in [9.17, 15) is 33.2 Å². The van der Waals surface area contributed by atoms with Crippen LogP contribution in [0.5, 0.6) is 0 Å². The van der Waals surface area contributed by atoms with Crippen molar-refractivity contribution in [2.75, 3.05) is 25.6 Å². The van der Waals surface area contributed by atoms with E-state index in [1.807, 2.05) is 0 Å². The summed E-state index contributed by atoms with van der Waals surface area (Å²) in [6.45, 7) is -3.43. The number of hydrogen-bond donors (Lipinski definition) is 7. The molecule has 2 aromatic heterocycles. The minimum absolute atomic E-state index is 0.0107. The number of aromatic nitrogens is 4. The maximum absolute atomic E-state index is 13.1. The van der Waals surface area contributed by atoms with Gasteiger partial charge in [0.25, 0.3) is 0 Å². The molecule has 0 saturated heterocycles. The summed E-state index contributed by atoms with van der Waals surface area (Å²) in [6, 6.07) is 0. The number of nitrogens with zero attached hydrogens (tertiary/aromatic N) is 4. The SMILES string of the molecule is Nc1ncnc2c1ncn2[C@@H](CO)O[C@H](COP(=O)(O)OP(=O)(O)OP(=O)(O)O)[C@@H](O)CF. The Morgan fingerprint density at radius 1 is 1.09 bits per heavy atom. The maximum Gasteiger partial charge on any atom is 0.490 e. The molecule has 0 aliphatic rings. The van der Waals surface area contributed by atoms with Crippen LogP contribution in [0.25, 0.3) is 11.2 Å². The van der Waals surface area contributed by atoms with Gasteiger partial charge < -0.3 is 40.3 Å². The lowest BCUT2D eigenvalue weighted by Crippen LogP contribution is -2.37. The highest BCUT2D eigenvalue weighted by atomic mass is 31.3. The van der Waals surface area contributed by atoms with E-state index in [4.69, 9.17) is 25.2 Å². The second-order valence-electron chi connectivity index (χ2n) is 6.00. The number of halogens is 1. The van der Waals surface area contributed by atoms with Crippen molar-refractivity contribution in [2.24, 2.45) is 0 Å². The first-order chi connectivity index (χ1) is 15.2. The Bertz CT molecular complexity index is 1100. The first-order valence-corrected chi connectivity index (χ1v) is 12.9. The van der Waals surface area contributed by atoms with Gasteiger partial charge in [-0.3, -0.25) is 9.09 Å². The van der Waals surface area contributed by atoms with E-state index in [0.717, 1.165) is 17.2 Å².